The first kappa shape index (κ1) is 24.2. The zero-order valence-electron chi connectivity index (χ0n) is 20.0. The molecule has 9 heteroatoms. The number of amides is 1. The minimum atomic E-state index is -0.306. The summed E-state index contributed by atoms with van der Waals surface area (Å²) in [5, 5.41) is 7.07. The molecule has 35 heavy (non-hydrogen) atoms. The molecular formula is C26H29N5O4. The normalized spacial score (nSPS) is 17.2. The maximum absolute atomic E-state index is 12.6. The number of ether oxygens (including phenoxy) is 2. The molecule has 9 nitrogen and oxygen atoms in total. The lowest BCUT2D eigenvalue weighted by Crippen LogP contribution is -2.44. The SMILES string of the molecule is COc1cc2ncnc(NC(C)c3ccccc3)c2cc1NC(=O)C=CCN1CC(=O)O[C@H](C)C1. The number of nitrogens with one attached hydrogen (secondary N) is 2. The number of methoxy groups -OCH3 is 1. The molecule has 1 aliphatic rings. The van der Waals surface area contributed by atoms with Crippen LogP contribution < -0.4 is 15.4 Å². The molecule has 1 unspecified atom stereocenters. The Hall–Kier alpha value is -3.98. The van der Waals surface area contributed by atoms with E-state index in [4.69, 9.17) is 9.47 Å². The van der Waals surface area contributed by atoms with Crippen LogP contribution in [0.2, 0.25) is 0 Å². The number of aromatic nitrogens is 2. The Morgan fingerprint density at radius 1 is 1.29 bits per heavy atom. The number of rotatable bonds is 8. The average Bonchev–Trinajstić information content (AvgIpc) is 2.84. The van der Waals surface area contributed by atoms with Crippen molar-refractivity contribution in [1.29, 1.82) is 0 Å². The van der Waals surface area contributed by atoms with Crippen molar-refractivity contribution in [3.8, 4) is 5.75 Å². The summed E-state index contributed by atoms with van der Waals surface area (Å²) in [6.45, 7) is 5.23. The minimum Gasteiger partial charge on any atom is -0.494 e. The molecule has 1 aliphatic heterocycles. The monoisotopic (exact) mass is 475 g/mol. The van der Waals surface area contributed by atoms with Crippen molar-refractivity contribution in [1.82, 2.24) is 14.9 Å². The predicted octanol–water partition coefficient (Wildman–Crippen LogP) is 3.55. The van der Waals surface area contributed by atoms with E-state index in [9.17, 15) is 9.59 Å². The van der Waals surface area contributed by atoms with Gasteiger partial charge in [-0.15, -0.1) is 0 Å². The van der Waals surface area contributed by atoms with E-state index in [1.165, 1.54) is 12.4 Å². The quantitative estimate of drug-likeness (QED) is 0.376. The number of fused-ring (bicyclic) bond motifs is 1. The van der Waals surface area contributed by atoms with Crippen molar-refractivity contribution in [3.63, 3.8) is 0 Å². The fourth-order valence-corrected chi connectivity index (χ4v) is 4.03. The molecule has 0 radical (unpaired) electrons. The van der Waals surface area contributed by atoms with Gasteiger partial charge in [0.15, 0.2) is 0 Å². The predicted molar refractivity (Wildman–Crippen MR) is 134 cm³/mol. The van der Waals surface area contributed by atoms with Gasteiger partial charge in [-0.25, -0.2) is 9.97 Å². The number of anilines is 2. The van der Waals surface area contributed by atoms with E-state index in [-0.39, 0.29) is 30.6 Å². The maximum atomic E-state index is 12.6. The second-order valence-electron chi connectivity index (χ2n) is 8.45. The van der Waals surface area contributed by atoms with Gasteiger partial charge in [-0.1, -0.05) is 36.4 Å². The van der Waals surface area contributed by atoms with Gasteiger partial charge >= 0.3 is 5.97 Å². The fourth-order valence-electron chi connectivity index (χ4n) is 4.03. The summed E-state index contributed by atoms with van der Waals surface area (Å²) in [5.74, 6) is 0.591. The Morgan fingerprint density at radius 2 is 2.09 bits per heavy atom. The third-order valence-corrected chi connectivity index (χ3v) is 5.70. The summed E-state index contributed by atoms with van der Waals surface area (Å²) in [6.07, 6.45) is 4.52. The Morgan fingerprint density at radius 3 is 2.83 bits per heavy atom. The summed E-state index contributed by atoms with van der Waals surface area (Å²) >= 11 is 0. The number of cyclic esters (lactones) is 1. The number of carbonyl (C=O) groups excluding carboxylic acids is 2. The largest absolute Gasteiger partial charge is 0.494 e. The molecule has 0 bridgehead atoms. The summed E-state index contributed by atoms with van der Waals surface area (Å²) in [5.41, 5.74) is 2.33. The van der Waals surface area contributed by atoms with Gasteiger partial charge in [-0.2, -0.15) is 0 Å². The Bertz CT molecular complexity index is 1230. The molecule has 2 atom stereocenters. The van der Waals surface area contributed by atoms with Crippen LogP contribution >= 0.6 is 0 Å². The smallest absolute Gasteiger partial charge is 0.320 e. The molecule has 2 aromatic carbocycles. The van der Waals surface area contributed by atoms with Crippen LogP contribution in [-0.4, -0.2) is 59.6 Å². The maximum Gasteiger partial charge on any atom is 0.320 e. The second-order valence-corrected chi connectivity index (χ2v) is 8.45. The highest BCUT2D eigenvalue weighted by Crippen LogP contribution is 2.33. The van der Waals surface area contributed by atoms with Crippen molar-refractivity contribution in [2.75, 3.05) is 37.4 Å². The summed E-state index contributed by atoms with van der Waals surface area (Å²) in [6, 6.07) is 13.7. The number of esters is 1. The van der Waals surface area contributed by atoms with Gasteiger partial charge in [0, 0.05) is 36.7 Å². The van der Waals surface area contributed by atoms with Crippen molar-refractivity contribution in [3.05, 3.63) is 66.5 Å². The zero-order chi connectivity index (χ0) is 24.8. The third kappa shape index (κ3) is 6.13. The van der Waals surface area contributed by atoms with E-state index < -0.39 is 0 Å². The number of carbonyl (C=O) groups is 2. The number of nitrogens with zero attached hydrogens (tertiary/aromatic N) is 3. The molecule has 182 valence electrons. The highest BCUT2D eigenvalue weighted by molar-refractivity contribution is 6.03. The Kier molecular flexibility index (Phi) is 7.57. The molecule has 1 fully saturated rings. The van der Waals surface area contributed by atoms with Crippen LogP contribution in [0.3, 0.4) is 0 Å². The van der Waals surface area contributed by atoms with Gasteiger partial charge in [0.2, 0.25) is 5.91 Å². The van der Waals surface area contributed by atoms with E-state index in [0.717, 1.165) is 10.9 Å². The van der Waals surface area contributed by atoms with E-state index in [1.807, 2.05) is 36.1 Å². The molecule has 2 heterocycles. The number of hydrogen-bond donors (Lipinski definition) is 2. The lowest BCUT2D eigenvalue weighted by molar-refractivity contribution is -0.156. The van der Waals surface area contributed by atoms with Crippen LogP contribution in [0.4, 0.5) is 11.5 Å². The fraction of sp³-hybridized carbons (Fsp3) is 0.308. The van der Waals surface area contributed by atoms with Crippen LogP contribution in [0, 0.1) is 0 Å². The van der Waals surface area contributed by atoms with Crippen molar-refractivity contribution >= 4 is 34.3 Å². The molecule has 1 saturated heterocycles. The molecular weight excluding hydrogens is 446 g/mol. The highest BCUT2D eigenvalue weighted by Gasteiger charge is 2.22. The molecule has 2 N–H and O–H groups in total. The zero-order valence-corrected chi connectivity index (χ0v) is 20.0. The van der Waals surface area contributed by atoms with Crippen LogP contribution in [0.15, 0.2) is 60.9 Å². The van der Waals surface area contributed by atoms with Gasteiger partial charge in [-0.05, 0) is 25.5 Å². The van der Waals surface area contributed by atoms with Gasteiger partial charge < -0.3 is 20.1 Å². The van der Waals surface area contributed by atoms with Crippen molar-refractivity contribution in [2.24, 2.45) is 0 Å². The third-order valence-electron chi connectivity index (χ3n) is 5.70. The lowest BCUT2D eigenvalue weighted by atomic mass is 10.1. The van der Waals surface area contributed by atoms with Gasteiger partial charge in [0.1, 0.15) is 24.0 Å². The highest BCUT2D eigenvalue weighted by atomic mass is 16.5. The van der Waals surface area contributed by atoms with Gasteiger partial charge in [0.05, 0.1) is 24.9 Å². The topological polar surface area (TPSA) is 106 Å². The van der Waals surface area contributed by atoms with Crippen molar-refractivity contribution in [2.45, 2.75) is 26.0 Å². The molecule has 0 aliphatic carbocycles. The molecule has 1 aromatic heterocycles. The average molecular weight is 476 g/mol. The Balaban J connectivity index is 1.50. The van der Waals surface area contributed by atoms with Crippen LogP contribution in [0.25, 0.3) is 10.9 Å². The molecule has 4 rings (SSSR count). The standard InChI is InChI=1S/C26H29N5O4/c1-17-14-31(15-25(33)35-17)11-7-10-24(32)30-22-12-20-21(13-23(22)34-3)27-16-28-26(20)29-18(2)19-8-5-4-6-9-19/h4-10,12-13,16-18H,11,14-15H2,1-3H3,(H,30,32)(H,27,28,29)/t17-,18?/m1/s1. The van der Waals surface area contributed by atoms with E-state index in [1.54, 1.807) is 19.3 Å². The second kappa shape index (κ2) is 11.0. The van der Waals surface area contributed by atoms with Crippen LogP contribution in [-0.2, 0) is 14.3 Å². The number of hydrogen-bond acceptors (Lipinski definition) is 8. The minimum absolute atomic E-state index is 0.0205. The first-order valence-electron chi connectivity index (χ1n) is 11.5. The molecule has 3 aromatic rings. The van der Waals surface area contributed by atoms with Crippen molar-refractivity contribution < 1.29 is 19.1 Å². The van der Waals surface area contributed by atoms with E-state index in [2.05, 4.69) is 39.7 Å². The lowest BCUT2D eigenvalue weighted by Gasteiger charge is -2.29. The molecule has 1 amide bonds. The van der Waals surface area contributed by atoms with Crippen LogP contribution in [0.5, 0.6) is 5.75 Å². The Labute approximate surface area is 204 Å². The van der Waals surface area contributed by atoms with Gasteiger partial charge in [0.25, 0.3) is 0 Å². The summed E-state index contributed by atoms with van der Waals surface area (Å²) in [4.78, 5) is 34.9. The summed E-state index contributed by atoms with van der Waals surface area (Å²) in [7, 11) is 1.54. The summed E-state index contributed by atoms with van der Waals surface area (Å²) < 4.78 is 10.6. The van der Waals surface area contributed by atoms with E-state index >= 15 is 0 Å². The number of benzene rings is 2. The van der Waals surface area contributed by atoms with Crippen LogP contribution in [0.1, 0.15) is 25.5 Å². The van der Waals surface area contributed by atoms with Gasteiger partial charge in [-0.3, -0.25) is 14.5 Å². The number of morpholine rings is 1. The first-order valence-corrected chi connectivity index (χ1v) is 11.5. The molecule has 0 saturated carbocycles. The molecule has 0 spiro atoms. The van der Waals surface area contributed by atoms with E-state index in [0.29, 0.717) is 35.9 Å². The first-order chi connectivity index (χ1) is 16.9.